The standard InChI is InChI=1S/C15H23NO4S/c1-3-12-6-5-11(10-17)7-15(12)21(18,19)16-13-8-14(9-13)20-4-2/h5-7,13-14,16-17H,3-4,8-10H2,1-2H3. The van der Waals surface area contributed by atoms with Crippen molar-refractivity contribution in [2.45, 2.75) is 56.8 Å². The summed E-state index contributed by atoms with van der Waals surface area (Å²) in [6.45, 7) is 4.35. The Hall–Kier alpha value is -0.950. The first-order valence-corrected chi connectivity index (χ1v) is 8.85. The molecule has 2 rings (SSSR count). The summed E-state index contributed by atoms with van der Waals surface area (Å²) < 4.78 is 33.2. The Kier molecular flexibility index (Phi) is 5.37. The fourth-order valence-electron chi connectivity index (χ4n) is 2.56. The molecule has 1 fully saturated rings. The van der Waals surface area contributed by atoms with Crippen LogP contribution >= 0.6 is 0 Å². The van der Waals surface area contributed by atoms with E-state index < -0.39 is 10.0 Å². The van der Waals surface area contributed by atoms with Crippen molar-refractivity contribution < 1.29 is 18.3 Å². The molecule has 118 valence electrons. The molecular weight excluding hydrogens is 290 g/mol. The van der Waals surface area contributed by atoms with E-state index in [-0.39, 0.29) is 23.6 Å². The van der Waals surface area contributed by atoms with Crippen molar-refractivity contribution in [1.29, 1.82) is 0 Å². The average molecular weight is 313 g/mol. The molecule has 1 aromatic rings. The third-order valence-electron chi connectivity index (χ3n) is 3.80. The number of ether oxygens (including phenoxy) is 1. The molecule has 0 saturated heterocycles. The van der Waals surface area contributed by atoms with E-state index in [0.717, 1.165) is 5.56 Å². The Morgan fingerprint density at radius 2 is 2.05 bits per heavy atom. The van der Waals surface area contributed by atoms with Crippen molar-refractivity contribution in [2.75, 3.05) is 6.61 Å². The van der Waals surface area contributed by atoms with Crippen molar-refractivity contribution >= 4 is 10.0 Å². The van der Waals surface area contributed by atoms with Gasteiger partial charge >= 0.3 is 0 Å². The molecule has 1 aliphatic rings. The van der Waals surface area contributed by atoms with E-state index >= 15 is 0 Å². The monoisotopic (exact) mass is 313 g/mol. The maximum atomic E-state index is 12.5. The maximum absolute atomic E-state index is 12.5. The van der Waals surface area contributed by atoms with Crippen LogP contribution in [0.5, 0.6) is 0 Å². The van der Waals surface area contributed by atoms with Crippen molar-refractivity contribution in [1.82, 2.24) is 4.72 Å². The summed E-state index contributed by atoms with van der Waals surface area (Å²) in [6.07, 6.45) is 2.23. The second kappa shape index (κ2) is 6.87. The lowest BCUT2D eigenvalue weighted by molar-refractivity contribution is -0.00476. The first-order chi connectivity index (χ1) is 10.00. The lowest BCUT2D eigenvalue weighted by Gasteiger charge is -2.35. The number of benzene rings is 1. The van der Waals surface area contributed by atoms with Crippen LogP contribution in [-0.4, -0.2) is 32.3 Å². The van der Waals surface area contributed by atoms with Gasteiger partial charge in [0.05, 0.1) is 17.6 Å². The molecule has 0 heterocycles. The first-order valence-electron chi connectivity index (χ1n) is 7.36. The molecule has 1 saturated carbocycles. The Bertz CT molecular complexity index is 579. The van der Waals surface area contributed by atoms with E-state index in [2.05, 4.69) is 4.72 Å². The minimum atomic E-state index is -3.55. The van der Waals surface area contributed by atoms with Gasteiger partial charge in [-0.2, -0.15) is 0 Å². The average Bonchev–Trinajstić information content (AvgIpc) is 2.44. The van der Waals surface area contributed by atoms with Gasteiger partial charge in [-0.15, -0.1) is 0 Å². The van der Waals surface area contributed by atoms with Gasteiger partial charge in [0.2, 0.25) is 10.0 Å². The summed E-state index contributed by atoms with van der Waals surface area (Å²) in [5.41, 5.74) is 1.37. The van der Waals surface area contributed by atoms with Crippen LogP contribution < -0.4 is 4.72 Å². The number of nitrogens with one attached hydrogen (secondary N) is 1. The first kappa shape index (κ1) is 16.4. The second-order valence-corrected chi connectivity index (χ2v) is 7.00. The SMILES string of the molecule is CCOC1CC(NS(=O)(=O)c2cc(CO)ccc2CC)C1. The minimum absolute atomic E-state index is 0.0611. The van der Waals surface area contributed by atoms with E-state index in [9.17, 15) is 13.5 Å². The van der Waals surface area contributed by atoms with Crippen LogP contribution in [0.3, 0.4) is 0 Å². The zero-order chi connectivity index (χ0) is 15.5. The van der Waals surface area contributed by atoms with Crippen molar-refractivity contribution in [3.8, 4) is 0 Å². The molecule has 0 spiro atoms. The van der Waals surface area contributed by atoms with Gasteiger partial charge in [-0.3, -0.25) is 0 Å². The summed E-state index contributed by atoms with van der Waals surface area (Å²) in [7, 11) is -3.55. The van der Waals surface area contributed by atoms with E-state index in [4.69, 9.17) is 4.74 Å². The number of hydrogen-bond donors (Lipinski definition) is 2. The molecule has 21 heavy (non-hydrogen) atoms. The molecule has 0 aromatic heterocycles. The Labute approximate surface area is 126 Å². The number of aliphatic hydroxyl groups excluding tert-OH is 1. The number of sulfonamides is 1. The van der Waals surface area contributed by atoms with Gasteiger partial charge in [0.1, 0.15) is 0 Å². The number of aryl methyl sites for hydroxylation is 1. The molecule has 0 unspecified atom stereocenters. The second-order valence-electron chi connectivity index (χ2n) is 5.32. The zero-order valence-corrected chi connectivity index (χ0v) is 13.3. The van der Waals surface area contributed by atoms with Crippen LogP contribution in [0.1, 0.15) is 37.8 Å². The molecule has 0 radical (unpaired) electrons. The highest BCUT2D eigenvalue weighted by Gasteiger charge is 2.33. The predicted molar refractivity (Wildman–Crippen MR) is 80.5 cm³/mol. The molecule has 6 heteroatoms. The van der Waals surface area contributed by atoms with Gasteiger partial charge < -0.3 is 9.84 Å². The van der Waals surface area contributed by atoms with Crippen molar-refractivity contribution in [3.63, 3.8) is 0 Å². The van der Waals surface area contributed by atoms with Crippen molar-refractivity contribution in [3.05, 3.63) is 29.3 Å². The fraction of sp³-hybridized carbons (Fsp3) is 0.600. The minimum Gasteiger partial charge on any atom is -0.392 e. The quantitative estimate of drug-likeness (QED) is 0.801. The molecule has 0 bridgehead atoms. The number of rotatable bonds is 7. The number of aliphatic hydroxyl groups is 1. The van der Waals surface area contributed by atoms with Crippen LogP contribution in [0.15, 0.2) is 23.1 Å². The molecule has 1 aromatic carbocycles. The smallest absolute Gasteiger partial charge is 0.241 e. The highest BCUT2D eigenvalue weighted by molar-refractivity contribution is 7.89. The lowest BCUT2D eigenvalue weighted by atomic mass is 9.90. The molecule has 0 aliphatic heterocycles. The normalized spacial score (nSPS) is 22.0. The maximum Gasteiger partial charge on any atom is 0.241 e. The molecule has 5 nitrogen and oxygen atoms in total. The highest BCUT2D eigenvalue weighted by Crippen LogP contribution is 2.26. The van der Waals surface area contributed by atoms with Crippen LogP contribution in [0.4, 0.5) is 0 Å². The largest absolute Gasteiger partial charge is 0.392 e. The van der Waals surface area contributed by atoms with Crippen LogP contribution in [0.25, 0.3) is 0 Å². The van der Waals surface area contributed by atoms with E-state index in [1.807, 2.05) is 13.8 Å². The molecule has 0 atom stereocenters. The van der Waals surface area contributed by atoms with Gasteiger partial charge in [0, 0.05) is 12.6 Å². The van der Waals surface area contributed by atoms with Crippen LogP contribution in [-0.2, 0) is 27.8 Å². The highest BCUT2D eigenvalue weighted by atomic mass is 32.2. The Morgan fingerprint density at radius 1 is 1.33 bits per heavy atom. The topological polar surface area (TPSA) is 75.6 Å². The van der Waals surface area contributed by atoms with Crippen molar-refractivity contribution in [2.24, 2.45) is 0 Å². The molecular formula is C15H23NO4S. The summed E-state index contributed by atoms with van der Waals surface area (Å²) in [4.78, 5) is 0.274. The van der Waals surface area contributed by atoms with Crippen LogP contribution in [0, 0.1) is 0 Å². The lowest BCUT2D eigenvalue weighted by Crippen LogP contribution is -2.47. The van der Waals surface area contributed by atoms with E-state index in [1.165, 1.54) is 0 Å². The van der Waals surface area contributed by atoms with E-state index in [1.54, 1.807) is 18.2 Å². The summed E-state index contributed by atoms with van der Waals surface area (Å²) in [5, 5.41) is 9.19. The predicted octanol–water partition coefficient (Wildman–Crippen LogP) is 1.59. The van der Waals surface area contributed by atoms with Gasteiger partial charge in [0.25, 0.3) is 0 Å². The Balaban J connectivity index is 2.12. The molecule has 0 amide bonds. The van der Waals surface area contributed by atoms with Gasteiger partial charge in [-0.25, -0.2) is 13.1 Å². The summed E-state index contributed by atoms with van der Waals surface area (Å²) in [6, 6.07) is 5.02. The fourth-order valence-corrected chi connectivity index (χ4v) is 4.18. The van der Waals surface area contributed by atoms with Crippen LogP contribution in [0.2, 0.25) is 0 Å². The third-order valence-corrected chi connectivity index (χ3v) is 5.41. The summed E-state index contributed by atoms with van der Waals surface area (Å²) in [5.74, 6) is 0. The van der Waals surface area contributed by atoms with E-state index in [0.29, 0.717) is 31.4 Å². The molecule has 1 aliphatic carbocycles. The molecule has 2 N–H and O–H groups in total. The zero-order valence-electron chi connectivity index (χ0n) is 12.5. The Morgan fingerprint density at radius 3 is 2.62 bits per heavy atom. The summed E-state index contributed by atoms with van der Waals surface area (Å²) >= 11 is 0. The van der Waals surface area contributed by atoms with Gasteiger partial charge in [0.15, 0.2) is 0 Å². The van der Waals surface area contributed by atoms with Gasteiger partial charge in [-0.05, 0) is 43.4 Å². The van der Waals surface area contributed by atoms with Gasteiger partial charge in [-0.1, -0.05) is 19.1 Å². The number of hydrogen-bond acceptors (Lipinski definition) is 4. The third kappa shape index (κ3) is 3.83.